The Labute approximate surface area is 131 Å². The third kappa shape index (κ3) is 4.26. The number of nitrogens with one attached hydrogen (secondary N) is 1. The number of thiophene rings is 1. The molecule has 0 amide bonds. The summed E-state index contributed by atoms with van der Waals surface area (Å²) < 4.78 is 32.9. The highest BCUT2D eigenvalue weighted by molar-refractivity contribution is 7.91. The van der Waals surface area contributed by atoms with Crippen molar-refractivity contribution >= 4 is 21.4 Å². The van der Waals surface area contributed by atoms with Crippen molar-refractivity contribution in [2.24, 2.45) is 0 Å². The van der Waals surface area contributed by atoms with E-state index >= 15 is 0 Å². The van der Waals surface area contributed by atoms with E-state index in [2.05, 4.69) is 19.2 Å². The highest BCUT2D eigenvalue weighted by Gasteiger charge is 2.33. The second kappa shape index (κ2) is 6.75. The number of hydrogen-bond acceptors (Lipinski definition) is 5. The molecule has 120 valence electrons. The summed E-state index contributed by atoms with van der Waals surface area (Å²) in [6.07, 6.45) is -0.129. The van der Waals surface area contributed by atoms with Crippen LogP contribution < -0.4 is 5.32 Å². The smallest absolute Gasteiger partial charge is 0.252 e. The third-order valence-electron chi connectivity index (χ3n) is 3.30. The van der Waals surface area contributed by atoms with Crippen molar-refractivity contribution in [1.82, 2.24) is 9.62 Å². The lowest BCUT2D eigenvalue weighted by Gasteiger charge is -2.34. The van der Waals surface area contributed by atoms with Crippen molar-refractivity contribution in [3.8, 4) is 0 Å². The summed E-state index contributed by atoms with van der Waals surface area (Å²) in [5.74, 6) is 0. The van der Waals surface area contributed by atoms with E-state index in [-0.39, 0.29) is 12.2 Å². The van der Waals surface area contributed by atoms with Gasteiger partial charge in [-0.3, -0.25) is 0 Å². The fourth-order valence-electron chi connectivity index (χ4n) is 2.35. The number of ether oxygens (including phenoxy) is 1. The third-order valence-corrected chi connectivity index (χ3v) is 6.69. The van der Waals surface area contributed by atoms with Gasteiger partial charge in [-0.1, -0.05) is 13.8 Å². The Kier molecular flexibility index (Phi) is 5.43. The molecule has 0 saturated carbocycles. The van der Waals surface area contributed by atoms with Crippen molar-refractivity contribution < 1.29 is 13.2 Å². The van der Waals surface area contributed by atoms with Crippen molar-refractivity contribution in [2.75, 3.05) is 13.1 Å². The van der Waals surface area contributed by atoms with E-state index in [4.69, 9.17) is 4.74 Å². The van der Waals surface area contributed by atoms with Crippen LogP contribution in [0, 0.1) is 0 Å². The first-order chi connectivity index (χ1) is 9.79. The van der Waals surface area contributed by atoms with Crippen LogP contribution in [0.15, 0.2) is 16.3 Å². The molecule has 5 nitrogen and oxygen atoms in total. The Bertz CT molecular complexity index is 559. The van der Waals surface area contributed by atoms with E-state index in [9.17, 15) is 8.42 Å². The Morgan fingerprint density at radius 2 is 1.95 bits per heavy atom. The molecular weight excluding hydrogens is 308 g/mol. The van der Waals surface area contributed by atoms with Crippen molar-refractivity contribution in [3.63, 3.8) is 0 Å². The first kappa shape index (κ1) is 16.9. The predicted molar refractivity (Wildman–Crippen MR) is 85.1 cm³/mol. The quantitative estimate of drug-likeness (QED) is 0.896. The maximum absolute atomic E-state index is 12.7. The zero-order valence-electron chi connectivity index (χ0n) is 13.0. The average Bonchev–Trinajstić information content (AvgIpc) is 2.84. The first-order valence-electron chi connectivity index (χ1n) is 7.26. The Balaban J connectivity index is 2.12. The minimum absolute atomic E-state index is 0.0643. The van der Waals surface area contributed by atoms with Crippen LogP contribution in [0.5, 0.6) is 0 Å². The van der Waals surface area contributed by atoms with Gasteiger partial charge in [0.15, 0.2) is 0 Å². The molecule has 0 spiro atoms. The van der Waals surface area contributed by atoms with Crippen LogP contribution in [-0.4, -0.2) is 44.1 Å². The molecule has 0 radical (unpaired) electrons. The predicted octanol–water partition coefficient (Wildman–Crippen LogP) is 2.04. The van der Waals surface area contributed by atoms with Gasteiger partial charge in [0.25, 0.3) is 10.0 Å². The number of sulfonamides is 1. The second-order valence-corrected chi connectivity index (χ2v) is 9.17. The lowest BCUT2D eigenvalue weighted by molar-refractivity contribution is -0.0440. The fourth-order valence-corrected chi connectivity index (χ4v) is 5.40. The van der Waals surface area contributed by atoms with E-state index in [0.29, 0.717) is 29.9 Å². The van der Waals surface area contributed by atoms with Crippen LogP contribution in [0.25, 0.3) is 0 Å². The molecule has 1 N–H and O–H groups in total. The van der Waals surface area contributed by atoms with Gasteiger partial charge in [0.05, 0.1) is 12.2 Å². The van der Waals surface area contributed by atoms with Gasteiger partial charge in [-0.15, -0.1) is 11.3 Å². The van der Waals surface area contributed by atoms with Crippen LogP contribution in [0.2, 0.25) is 0 Å². The first-order valence-corrected chi connectivity index (χ1v) is 9.52. The summed E-state index contributed by atoms with van der Waals surface area (Å²) >= 11 is 1.34. The van der Waals surface area contributed by atoms with Crippen molar-refractivity contribution in [1.29, 1.82) is 0 Å². The molecule has 2 heterocycles. The van der Waals surface area contributed by atoms with E-state index in [0.717, 1.165) is 4.88 Å². The molecule has 2 atom stereocenters. The molecule has 1 aromatic rings. The summed E-state index contributed by atoms with van der Waals surface area (Å²) in [5, 5.41) is 3.30. The standard InChI is InChI=1S/C14H24N2O3S2/c1-10(2)15-7-13-5-6-14(20-13)21(17,18)16-8-11(3)19-12(4)9-16/h5-6,10-12,15H,7-9H2,1-4H3. The highest BCUT2D eigenvalue weighted by Crippen LogP contribution is 2.27. The fraction of sp³-hybridized carbons (Fsp3) is 0.714. The van der Waals surface area contributed by atoms with Gasteiger partial charge in [0.1, 0.15) is 4.21 Å². The maximum Gasteiger partial charge on any atom is 0.252 e. The van der Waals surface area contributed by atoms with Gasteiger partial charge in [-0.05, 0) is 26.0 Å². The normalized spacial score (nSPS) is 24.6. The molecule has 1 aromatic heterocycles. The van der Waals surface area contributed by atoms with Crippen molar-refractivity contribution in [2.45, 2.75) is 56.7 Å². The molecule has 7 heteroatoms. The topological polar surface area (TPSA) is 58.6 Å². The highest BCUT2D eigenvalue weighted by atomic mass is 32.2. The molecule has 1 fully saturated rings. The molecule has 1 aliphatic heterocycles. The zero-order chi connectivity index (χ0) is 15.6. The summed E-state index contributed by atoms with van der Waals surface area (Å²) in [7, 11) is -3.40. The largest absolute Gasteiger partial charge is 0.373 e. The van der Waals surface area contributed by atoms with Gasteiger partial charge < -0.3 is 10.1 Å². The summed E-state index contributed by atoms with van der Waals surface area (Å²) in [6, 6.07) is 3.98. The number of rotatable bonds is 5. The Morgan fingerprint density at radius 1 is 1.33 bits per heavy atom. The number of nitrogens with zero attached hydrogens (tertiary/aromatic N) is 1. The van der Waals surface area contributed by atoms with Gasteiger partial charge in [-0.25, -0.2) is 8.42 Å². The molecule has 0 bridgehead atoms. The lowest BCUT2D eigenvalue weighted by Crippen LogP contribution is -2.47. The maximum atomic E-state index is 12.7. The van der Waals surface area contributed by atoms with E-state index in [1.165, 1.54) is 15.6 Å². The van der Waals surface area contributed by atoms with Crippen LogP contribution in [0.3, 0.4) is 0 Å². The Morgan fingerprint density at radius 3 is 2.52 bits per heavy atom. The Hall–Kier alpha value is -0.470. The summed E-state index contributed by atoms with van der Waals surface area (Å²) in [5.41, 5.74) is 0. The van der Waals surface area contributed by atoms with E-state index in [1.807, 2.05) is 19.9 Å². The molecule has 1 aliphatic rings. The molecule has 0 aliphatic carbocycles. The molecule has 1 saturated heterocycles. The van der Waals surface area contributed by atoms with Crippen molar-refractivity contribution in [3.05, 3.63) is 17.0 Å². The monoisotopic (exact) mass is 332 g/mol. The van der Waals surface area contributed by atoms with Gasteiger partial charge in [0, 0.05) is 30.6 Å². The minimum Gasteiger partial charge on any atom is -0.373 e. The summed E-state index contributed by atoms with van der Waals surface area (Å²) in [6.45, 7) is 9.50. The van der Waals surface area contributed by atoms with Gasteiger partial charge >= 0.3 is 0 Å². The lowest BCUT2D eigenvalue weighted by atomic mass is 10.3. The molecular formula is C14H24N2O3S2. The summed E-state index contributed by atoms with van der Waals surface area (Å²) in [4.78, 5) is 1.04. The molecule has 2 unspecified atom stereocenters. The molecule has 0 aromatic carbocycles. The van der Waals surface area contributed by atoms with Crippen LogP contribution in [0.1, 0.15) is 32.6 Å². The SMILES string of the molecule is CC(C)NCc1ccc(S(=O)(=O)N2CC(C)OC(C)C2)s1. The van der Waals surface area contributed by atoms with E-state index < -0.39 is 10.0 Å². The number of hydrogen-bond donors (Lipinski definition) is 1. The molecule has 2 rings (SSSR count). The number of morpholine rings is 1. The van der Waals surface area contributed by atoms with E-state index in [1.54, 1.807) is 6.07 Å². The van der Waals surface area contributed by atoms with Gasteiger partial charge in [-0.2, -0.15) is 4.31 Å². The van der Waals surface area contributed by atoms with Crippen LogP contribution in [-0.2, 0) is 21.3 Å². The zero-order valence-corrected chi connectivity index (χ0v) is 14.6. The second-order valence-electron chi connectivity index (χ2n) is 5.84. The van der Waals surface area contributed by atoms with Gasteiger partial charge in [0.2, 0.25) is 0 Å². The minimum atomic E-state index is -3.40. The van der Waals surface area contributed by atoms with Crippen LogP contribution >= 0.6 is 11.3 Å². The molecule has 21 heavy (non-hydrogen) atoms. The average molecular weight is 332 g/mol. The van der Waals surface area contributed by atoms with Crippen LogP contribution in [0.4, 0.5) is 0 Å².